The molecule has 1 N–H and O–H groups in total. The summed E-state index contributed by atoms with van der Waals surface area (Å²) in [5.41, 5.74) is 0.800. The summed E-state index contributed by atoms with van der Waals surface area (Å²) in [7, 11) is 0. The molecule has 0 spiro atoms. The maximum Gasteiger partial charge on any atom is 0.186 e. The Morgan fingerprint density at radius 1 is 1.62 bits per heavy atom. The first-order valence-corrected chi connectivity index (χ1v) is 6.93. The van der Waals surface area contributed by atoms with Crippen molar-refractivity contribution in [2.24, 2.45) is 0 Å². The van der Waals surface area contributed by atoms with Crippen LogP contribution in [-0.4, -0.2) is 22.2 Å². The Morgan fingerprint density at radius 2 is 2.38 bits per heavy atom. The highest BCUT2D eigenvalue weighted by atomic mass is 32.1. The number of aliphatic hydroxyl groups excluding tert-OH is 1. The summed E-state index contributed by atoms with van der Waals surface area (Å²) in [6, 6.07) is 1.21. The van der Waals surface area contributed by atoms with Gasteiger partial charge in [0.25, 0.3) is 0 Å². The molecule has 1 fully saturated rings. The molecular formula is C12H20N2OS. The van der Waals surface area contributed by atoms with Gasteiger partial charge in [-0.25, -0.2) is 4.98 Å². The maximum absolute atomic E-state index is 9.49. The summed E-state index contributed by atoms with van der Waals surface area (Å²) in [6.45, 7) is 6.27. The number of aromatic nitrogens is 1. The van der Waals surface area contributed by atoms with E-state index in [1.54, 1.807) is 18.3 Å². The molecule has 90 valence electrons. The van der Waals surface area contributed by atoms with Crippen LogP contribution in [0.2, 0.25) is 0 Å². The molecule has 2 heterocycles. The van der Waals surface area contributed by atoms with Gasteiger partial charge in [-0.2, -0.15) is 0 Å². The lowest BCUT2D eigenvalue weighted by Gasteiger charge is -2.27. The van der Waals surface area contributed by atoms with Crippen molar-refractivity contribution >= 4 is 16.5 Å². The molecule has 1 aliphatic heterocycles. The summed E-state index contributed by atoms with van der Waals surface area (Å²) in [6.07, 6.45) is 3.24. The monoisotopic (exact) mass is 240 g/mol. The third kappa shape index (κ3) is 2.09. The van der Waals surface area contributed by atoms with Crippen molar-refractivity contribution in [1.29, 1.82) is 0 Å². The first-order valence-electron chi connectivity index (χ1n) is 6.05. The van der Waals surface area contributed by atoms with Crippen molar-refractivity contribution in [2.45, 2.75) is 58.2 Å². The molecule has 1 aromatic heterocycles. The van der Waals surface area contributed by atoms with Gasteiger partial charge >= 0.3 is 0 Å². The van der Waals surface area contributed by atoms with E-state index < -0.39 is 6.10 Å². The molecule has 0 bridgehead atoms. The molecule has 4 heteroatoms. The van der Waals surface area contributed by atoms with E-state index in [1.165, 1.54) is 19.3 Å². The summed E-state index contributed by atoms with van der Waals surface area (Å²) in [5, 5.41) is 12.5. The Bertz CT molecular complexity index is 351. The Balaban J connectivity index is 2.21. The van der Waals surface area contributed by atoms with Crippen LogP contribution in [0.1, 0.15) is 51.8 Å². The van der Waals surface area contributed by atoms with Gasteiger partial charge in [0.15, 0.2) is 5.13 Å². The van der Waals surface area contributed by atoms with Crippen LogP contribution >= 0.6 is 11.3 Å². The zero-order chi connectivity index (χ0) is 11.7. The maximum atomic E-state index is 9.49. The van der Waals surface area contributed by atoms with E-state index in [1.807, 2.05) is 5.38 Å². The van der Waals surface area contributed by atoms with Crippen LogP contribution in [-0.2, 0) is 0 Å². The predicted molar refractivity (Wildman–Crippen MR) is 68.0 cm³/mol. The molecule has 1 aromatic rings. The van der Waals surface area contributed by atoms with E-state index in [-0.39, 0.29) is 0 Å². The van der Waals surface area contributed by atoms with Crippen LogP contribution in [0.3, 0.4) is 0 Å². The van der Waals surface area contributed by atoms with E-state index in [4.69, 9.17) is 0 Å². The summed E-state index contributed by atoms with van der Waals surface area (Å²) in [5.74, 6) is 0. The second-order valence-corrected chi connectivity index (χ2v) is 5.46. The smallest absolute Gasteiger partial charge is 0.186 e. The van der Waals surface area contributed by atoms with E-state index >= 15 is 0 Å². The quantitative estimate of drug-likeness (QED) is 0.882. The van der Waals surface area contributed by atoms with Crippen LogP contribution in [0.25, 0.3) is 0 Å². The van der Waals surface area contributed by atoms with Crippen molar-refractivity contribution in [1.82, 2.24) is 4.98 Å². The predicted octanol–water partition coefficient (Wildman–Crippen LogP) is 2.96. The van der Waals surface area contributed by atoms with Gasteiger partial charge < -0.3 is 10.0 Å². The lowest BCUT2D eigenvalue weighted by Crippen LogP contribution is -2.33. The third-order valence-electron chi connectivity index (χ3n) is 3.42. The number of nitrogens with zero attached hydrogens (tertiary/aromatic N) is 2. The van der Waals surface area contributed by atoms with Gasteiger partial charge in [-0.1, -0.05) is 6.92 Å². The summed E-state index contributed by atoms with van der Waals surface area (Å²) >= 11 is 1.65. The van der Waals surface area contributed by atoms with Gasteiger partial charge in [-0.3, -0.25) is 0 Å². The average Bonchev–Trinajstić information content (AvgIpc) is 2.83. The van der Waals surface area contributed by atoms with Crippen LogP contribution in [0.15, 0.2) is 5.38 Å². The van der Waals surface area contributed by atoms with Gasteiger partial charge in [0.1, 0.15) is 0 Å². The molecule has 1 aliphatic rings. The highest BCUT2D eigenvalue weighted by Gasteiger charge is 2.31. The van der Waals surface area contributed by atoms with Crippen LogP contribution in [0.5, 0.6) is 0 Å². The molecule has 0 aliphatic carbocycles. The minimum Gasteiger partial charge on any atom is -0.387 e. The normalized spacial score (nSPS) is 27.4. The minimum absolute atomic E-state index is 0.456. The van der Waals surface area contributed by atoms with Crippen molar-refractivity contribution in [3.8, 4) is 0 Å². The first kappa shape index (κ1) is 11.9. The van der Waals surface area contributed by atoms with Crippen molar-refractivity contribution in [3.63, 3.8) is 0 Å². The lowest BCUT2D eigenvalue weighted by molar-refractivity contribution is 0.195. The van der Waals surface area contributed by atoms with Gasteiger partial charge in [-0.15, -0.1) is 11.3 Å². The van der Waals surface area contributed by atoms with Crippen LogP contribution in [0, 0.1) is 0 Å². The Labute approximate surface area is 101 Å². The SMILES string of the molecule is CCC1CCC(C)N1c1nc(C(C)O)cs1. The minimum atomic E-state index is -0.456. The highest BCUT2D eigenvalue weighted by Crippen LogP contribution is 2.34. The number of thiazole rings is 1. The Kier molecular flexibility index (Phi) is 3.50. The molecule has 1 saturated heterocycles. The van der Waals surface area contributed by atoms with Gasteiger partial charge in [0.05, 0.1) is 11.8 Å². The molecule has 3 unspecified atom stereocenters. The largest absolute Gasteiger partial charge is 0.387 e. The van der Waals surface area contributed by atoms with Gasteiger partial charge in [0, 0.05) is 17.5 Å². The van der Waals surface area contributed by atoms with Crippen molar-refractivity contribution < 1.29 is 5.11 Å². The Morgan fingerprint density at radius 3 is 2.94 bits per heavy atom. The molecule has 0 saturated carbocycles. The van der Waals surface area contributed by atoms with Crippen LogP contribution < -0.4 is 4.90 Å². The molecule has 3 atom stereocenters. The second kappa shape index (κ2) is 4.72. The fraction of sp³-hybridized carbons (Fsp3) is 0.750. The average molecular weight is 240 g/mol. The molecule has 0 radical (unpaired) electrons. The van der Waals surface area contributed by atoms with Crippen LogP contribution in [0.4, 0.5) is 5.13 Å². The molecule has 0 amide bonds. The van der Waals surface area contributed by atoms with E-state index in [0.29, 0.717) is 12.1 Å². The topological polar surface area (TPSA) is 36.4 Å². The molecule has 2 rings (SSSR count). The highest BCUT2D eigenvalue weighted by molar-refractivity contribution is 7.13. The van der Waals surface area contributed by atoms with E-state index in [0.717, 1.165) is 10.8 Å². The molecule has 16 heavy (non-hydrogen) atoms. The second-order valence-electron chi connectivity index (χ2n) is 4.63. The fourth-order valence-corrected chi connectivity index (χ4v) is 3.49. The fourth-order valence-electron chi connectivity index (χ4n) is 2.40. The van der Waals surface area contributed by atoms with E-state index in [9.17, 15) is 5.11 Å². The van der Waals surface area contributed by atoms with E-state index in [2.05, 4.69) is 23.7 Å². The zero-order valence-corrected chi connectivity index (χ0v) is 11.0. The number of rotatable bonds is 3. The van der Waals surface area contributed by atoms with Crippen molar-refractivity contribution in [2.75, 3.05) is 4.90 Å². The zero-order valence-electron chi connectivity index (χ0n) is 10.2. The molecule has 0 aromatic carbocycles. The number of hydrogen-bond donors (Lipinski definition) is 1. The molecular weight excluding hydrogens is 220 g/mol. The van der Waals surface area contributed by atoms with Gasteiger partial charge in [-0.05, 0) is 33.1 Å². The number of anilines is 1. The number of aliphatic hydroxyl groups is 1. The van der Waals surface area contributed by atoms with Gasteiger partial charge in [0.2, 0.25) is 0 Å². The number of hydrogen-bond acceptors (Lipinski definition) is 4. The summed E-state index contributed by atoms with van der Waals surface area (Å²) in [4.78, 5) is 6.96. The summed E-state index contributed by atoms with van der Waals surface area (Å²) < 4.78 is 0. The Hall–Kier alpha value is -0.610. The first-order chi connectivity index (χ1) is 7.63. The third-order valence-corrected chi connectivity index (χ3v) is 4.29. The van der Waals surface area contributed by atoms with Crippen molar-refractivity contribution in [3.05, 3.63) is 11.1 Å². The lowest BCUT2D eigenvalue weighted by atomic mass is 10.2. The standard InChI is InChI=1S/C12H20N2OS/c1-4-10-6-5-8(2)14(10)12-13-11(7-16-12)9(3)15/h7-10,15H,4-6H2,1-3H3. The molecule has 3 nitrogen and oxygen atoms in total.